The maximum Gasteiger partial charge on any atom is 0.0991 e. The zero-order valence-electron chi connectivity index (χ0n) is 10.6. The Morgan fingerprint density at radius 1 is 1.22 bits per heavy atom. The highest BCUT2D eigenvalue weighted by Gasteiger charge is 2.08. The molecular weight excluding hydrogens is 226 g/mol. The third-order valence-electron chi connectivity index (χ3n) is 3.10. The molecule has 2 rings (SSSR count). The second-order valence-electron chi connectivity index (χ2n) is 4.42. The van der Waals surface area contributed by atoms with Crippen LogP contribution in [0.5, 0.6) is 0 Å². The predicted molar refractivity (Wildman–Crippen MR) is 71.5 cm³/mol. The lowest BCUT2D eigenvalue weighted by molar-refractivity contribution is 0.0378. The molecule has 18 heavy (non-hydrogen) atoms. The maximum atomic E-state index is 8.70. The third kappa shape index (κ3) is 4.02. The van der Waals surface area contributed by atoms with Crippen LogP contribution in [-0.2, 0) is 4.74 Å². The Balaban J connectivity index is 1.63. The van der Waals surface area contributed by atoms with E-state index in [4.69, 9.17) is 10.00 Å². The zero-order chi connectivity index (χ0) is 12.6. The fourth-order valence-corrected chi connectivity index (χ4v) is 2.02. The quantitative estimate of drug-likeness (QED) is 0.802. The van der Waals surface area contributed by atoms with Gasteiger partial charge in [-0.1, -0.05) is 0 Å². The topological polar surface area (TPSA) is 48.3 Å². The first kappa shape index (κ1) is 12.9. The van der Waals surface area contributed by atoms with Crippen molar-refractivity contribution in [3.05, 3.63) is 29.8 Å². The van der Waals surface area contributed by atoms with Gasteiger partial charge >= 0.3 is 0 Å². The Morgan fingerprint density at radius 3 is 2.61 bits per heavy atom. The summed E-state index contributed by atoms with van der Waals surface area (Å²) in [5.74, 6) is 0. The number of nitriles is 1. The standard InChI is InChI=1S/C14H19N3O/c15-12-13-2-4-14(5-3-13)16-6-1-7-17-8-10-18-11-9-17/h2-5,16H,1,6-11H2. The lowest BCUT2D eigenvalue weighted by atomic mass is 10.2. The highest BCUT2D eigenvalue weighted by atomic mass is 16.5. The molecular formula is C14H19N3O. The highest BCUT2D eigenvalue weighted by molar-refractivity contribution is 5.46. The number of hydrogen-bond donors (Lipinski definition) is 1. The van der Waals surface area contributed by atoms with E-state index in [0.29, 0.717) is 5.56 Å². The number of rotatable bonds is 5. The van der Waals surface area contributed by atoms with Gasteiger partial charge in [0.1, 0.15) is 0 Å². The molecule has 0 saturated carbocycles. The Labute approximate surface area is 108 Å². The van der Waals surface area contributed by atoms with Gasteiger partial charge < -0.3 is 10.1 Å². The van der Waals surface area contributed by atoms with Crippen LogP contribution in [0.1, 0.15) is 12.0 Å². The number of anilines is 1. The van der Waals surface area contributed by atoms with Crippen molar-refractivity contribution >= 4 is 5.69 Å². The van der Waals surface area contributed by atoms with Crippen LogP contribution in [0, 0.1) is 11.3 Å². The van der Waals surface area contributed by atoms with Gasteiger partial charge in [0.15, 0.2) is 0 Å². The fourth-order valence-electron chi connectivity index (χ4n) is 2.02. The zero-order valence-corrected chi connectivity index (χ0v) is 10.6. The summed E-state index contributed by atoms with van der Waals surface area (Å²) in [6.45, 7) is 5.91. The minimum Gasteiger partial charge on any atom is -0.385 e. The summed E-state index contributed by atoms with van der Waals surface area (Å²) in [5, 5.41) is 12.1. The van der Waals surface area contributed by atoms with Crippen molar-refractivity contribution in [1.29, 1.82) is 5.26 Å². The molecule has 0 atom stereocenters. The van der Waals surface area contributed by atoms with E-state index in [2.05, 4.69) is 16.3 Å². The average molecular weight is 245 g/mol. The smallest absolute Gasteiger partial charge is 0.0991 e. The van der Waals surface area contributed by atoms with Gasteiger partial charge in [-0.3, -0.25) is 4.90 Å². The summed E-state index contributed by atoms with van der Waals surface area (Å²) < 4.78 is 5.31. The molecule has 1 saturated heterocycles. The summed E-state index contributed by atoms with van der Waals surface area (Å²) in [4.78, 5) is 2.43. The molecule has 1 aliphatic heterocycles. The van der Waals surface area contributed by atoms with E-state index in [0.717, 1.165) is 51.5 Å². The van der Waals surface area contributed by atoms with Crippen molar-refractivity contribution in [2.24, 2.45) is 0 Å². The second kappa shape index (κ2) is 7.00. The minimum absolute atomic E-state index is 0.703. The number of nitrogens with zero attached hydrogens (tertiary/aromatic N) is 2. The Hall–Kier alpha value is -1.57. The molecule has 0 bridgehead atoms. The third-order valence-corrected chi connectivity index (χ3v) is 3.10. The first-order chi connectivity index (χ1) is 8.88. The molecule has 4 nitrogen and oxygen atoms in total. The molecule has 0 aromatic heterocycles. The molecule has 0 aliphatic carbocycles. The summed E-state index contributed by atoms with van der Waals surface area (Å²) in [6, 6.07) is 9.70. The van der Waals surface area contributed by atoms with Crippen molar-refractivity contribution in [3.63, 3.8) is 0 Å². The summed E-state index contributed by atoms with van der Waals surface area (Å²) in [5.41, 5.74) is 1.78. The molecule has 4 heteroatoms. The molecule has 0 spiro atoms. The van der Waals surface area contributed by atoms with Crippen molar-refractivity contribution in [3.8, 4) is 6.07 Å². The van der Waals surface area contributed by atoms with Crippen LogP contribution in [0.4, 0.5) is 5.69 Å². The van der Waals surface area contributed by atoms with Crippen molar-refractivity contribution in [2.45, 2.75) is 6.42 Å². The number of nitrogens with one attached hydrogen (secondary N) is 1. The van der Waals surface area contributed by atoms with Gasteiger partial charge in [-0.25, -0.2) is 0 Å². The van der Waals surface area contributed by atoms with Crippen LogP contribution in [0.15, 0.2) is 24.3 Å². The molecule has 1 fully saturated rings. The minimum atomic E-state index is 0.703. The lowest BCUT2D eigenvalue weighted by Gasteiger charge is -2.26. The molecule has 0 amide bonds. The SMILES string of the molecule is N#Cc1ccc(NCCCN2CCOCC2)cc1. The Bertz CT molecular complexity index is 390. The van der Waals surface area contributed by atoms with E-state index in [1.54, 1.807) is 0 Å². The van der Waals surface area contributed by atoms with E-state index in [1.807, 2.05) is 24.3 Å². The molecule has 1 aliphatic rings. The van der Waals surface area contributed by atoms with E-state index in [-0.39, 0.29) is 0 Å². The van der Waals surface area contributed by atoms with Crippen molar-refractivity contribution < 1.29 is 4.74 Å². The summed E-state index contributed by atoms with van der Waals surface area (Å²) in [7, 11) is 0. The van der Waals surface area contributed by atoms with Crippen LogP contribution in [0.2, 0.25) is 0 Å². The van der Waals surface area contributed by atoms with Gasteiger partial charge in [0, 0.05) is 25.3 Å². The van der Waals surface area contributed by atoms with Gasteiger partial charge in [-0.05, 0) is 37.2 Å². The molecule has 1 N–H and O–H groups in total. The second-order valence-corrected chi connectivity index (χ2v) is 4.42. The monoisotopic (exact) mass is 245 g/mol. The van der Waals surface area contributed by atoms with Gasteiger partial charge in [0.05, 0.1) is 24.8 Å². The molecule has 0 unspecified atom stereocenters. The molecule has 1 heterocycles. The molecule has 1 aromatic rings. The van der Waals surface area contributed by atoms with Crippen molar-refractivity contribution in [1.82, 2.24) is 4.90 Å². The van der Waals surface area contributed by atoms with Crippen molar-refractivity contribution in [2.75, 3.05) is 44.7 Å². The van der Waals surface area contributed by atoms with Crippen LogP contribution in [-0.4, -0.2) is 44.3 Å². The number of ether oxygens (including phenoxy) is 1. The Morgan fingerprint density at radius 2 is 1.94 bits per heavy atom. The van der Waals surface area contributed by atoms with Gasteiger partial charge in [-0.2, -0.15) is 5.26 Å². The Kier molecular flexibility index (Phi) is 5.00. The molecule has 1 aromatic carbocycles. The largest absolute Gasteiger partial charge is 0.385 e. The highest BCUT2D eigenvalue weighted by Crippen LogP contribution is 2.08. The van der Waals surface area contributed by atoms with E-state index in [9.17, 15) is 0 Å². The maximum absolute atomic E-state index is 8.70. The summed E-state index contributed by atoms with van der Waals surface area (Å²) in [6.07, 6.45) is 1.13. The van der Waals surface area contributed by atoms with Gasteiger partial charge in [0.2, 0.25) is 0 Å². The molecule has 0 radical (unpaired) electrons. The first-order valence-electron chi connectivity index (χ1n) is 6.42. The van der Waals surface area contributed by atoms with Crippen LogP contribution in [0.25, 0.3) is 0 Å². The predicted octanol–water partition coefficient (Wildman–Crippen LogP) is 1.69. The first-order valence-corrected chi connectivity index (χ1v) is 6.42. The number of hydrogen-bond acceptors (Lipinski definition) is 4. The van der Waals surface area contributed by atoms with Gasteiger partial charge in [0.25, 0.3) is 0 Å². The summed E-state index contributed by atoms with van der Waals surface area (Å²) >= 11 is 0. The van der Waals surface area contributed by atoms with Crippen LogP contribution in [0.3, 0.4) is 0 Å². The lowest BCUT2D eigenvalue weighted by Crippen LogP contribution is -2.37. The molecule has 96 valence electrons. The number of morpholine rings is 1. The average Bonchev–Trinajstić information content (AvgIpc) is 2.45. The van der Waals surface area contributed by atoms with Crippen LogP contribution < -0.4 is 5.32 Å². The fraction of sp³-hybridized carbons (Fsp3) is 0.500. The van der Waals surface area contributed by atoms with E-state index in [1.165, 1.54) is 0 Å². The normalized spacial score (nSPS) is 16.2. The van der Waals surface area contributed by atoms with Crippen LogP contribution >= 0.6 is 0 Å². The van der Waals surface area contributed by atoms with E-state index < -0.39 is 0 Å². The van der Waals surface area contributed by atoms with Gasteiger partial charge in [-0.15, -0.1) is 0 Å². The van der Waals surface area contributed by atoms with E-state index >= 15 is 0 Å². The number of benzene rings is 1.